The molecule has 0 saturated heterocycles. The Balaban J connectivity index is 1.82. The number of nitrogens with zero attached hydrogens (tertiary/aromatic N) is 3. The Morgan fingerprint density at radius 1 is 1.30 bits per heavy atom. The summed E-state index contributed by atoms with van der Waals surface area (Å²) >= 11 is 3.40. The number of halogens is 1. The summed E-state index contributed by atoms with van der Waals surface area (Å²) in [7, 11) is 0. The van der Waals surface area contributed by atoms with Crippen LogP contribution in [0.15, 0.2) is 39.8 Å². The smallest absolute Gasteiger partial charge is 0.213 e. The van der Waals surface area contributed by atoms with Gasteiger partial charge in [0, 0.05) is 34.7 Å². The monoisotopic (exact) mass is 333 g/mol. The summed E-state index contributed by atoms with van der Waals surface area (Å²) in [5.74, 6) is 0.674. The molecule has 3 rings (SSSR count). The minimum atomic E-state index is 0.674. The van der Waals surface area contributed by atoms with Gasteiger partial charge >= 0.3 is 0 Å². The van der Waals surface area contributed by atoms with E-state index in [2.05, 4.69) is 36.4 Å². The van der Waals surface area contributed by atoms with E-state index in [1.807, 2.05) is 18.2 Å². The maximum absolute atomic E-state index is 5.98. The van der Waals surface area contributed by atoms with Crippen LogP contribution in [0, 0.1) is 0 Å². The first-order valence-corrected chi connectivity index (χ1v) is 6.86. The molecule has 0 saturated carbocycles. The Labute approximate surface area is 123 Å². The van der Waals surface area contributed by atoms with E-state index in [9.17, 15) is 0 Å². The molecule has 0 spiro atoms. The lowest BCUT2D eigenvalue weighted by atomic mass is 10.1. The highest BCUT2D eigenvalue weighted by Gasteiger charge is 2.06. The second kappa shape index (κ2) is 5.46. The topological polar surface area (TPSA) is 89.9 Å². The fourth-order valence-corrected chi connectivity index (χ4v) is 2.30. The number of anilines is 2. The van der Waals surface area contributed by atoms with Gasteiger partial charge in [-0.25, -0.2) is 0 Å². The van der Waals surface area contributed by atoms with Gasteiger partial charge in [0.05, 0.1) is 11.2 Å². The Morgan fingerprint density at radius 2 is 2.20 bits per heavy atom. The third kappa shape index (κ3) is 2.57. The minimum absolute atomic E-state index is 0.674. The van der Waals surface area contributed by atoms with Crippen molar-refractivity contribution in [3.63, 3.8) is 0 Å². The van der Waals surface area contributed by atoms with Crippen molar-refractivity contribution in [3.05, 3.63) is 41.1 Å². The molecule has 0 aliphatic carbocycles. The first-order chi connectivity index (χ1) is 9.74. The van der Waals surface area contributed by atoms with E-state index in [0.29, 0.717) is 24.5 Å². The lowest BCUT2D eigenvalue weighted by molar-refractivity contribution is 0.410. The largest absolute Gasteiger partial charge is 0.398 e. The number of nitrogen functional groups attached to an aromatic ring is 1. The van der Waals surface area contributed by atoms with Crippen LogP contribution in [0.2, 0.25) is 0 Å². The van der Waals surface area contributed by atoms with Gasteiger partial charge in [0.15, 0.2) is 5.82 Å². The maximum atomic E-state index is 5.98. The molecule has 0 unspecified atom stereocenters. The number of hydrogen-bond acceptors (Lipinski definition) is 6. The molecule has 1 aromatic carbocycles. The second-order valence-electron chi connectivity index (χ2n) is 4.28. The third-order valence-corrected chi connectivity index (χ3v) is 3.35. The van der Waals surface area contributed by atoms with Crippen molar-refractivity contribution >= 4 is 38.2 Å². The van der Waals surface area contributed by atoms with Gasteiger partial charge in [-0.05, 0) is 34.1 Å². The number of pyridine rings is 1. The predicted molar refractivity (Wildman–Crippen MR) is 80.3 cm³/mol. The van der Waals surface area contributed by atoms with Gasteiger partial charge in [-0.15, -0.1) is 0 Å². The number of benzene rings is 1. The lowest BCUT2D eigenvalue weighted by Gasteiger charge is -2.10. The summed E-state index contributed by atoms with van der Waals surface area (Å²) in [4.78, 5) is 8.39. The number of hydrogen-bond donors (Lipinski definition) is 2. The van der Waals surface area contributed by atoms with E-state index >= 15 is 0 Å². The Morgan fingerprint density at radius 3 is 3.00 bits per heavy atom. The molecule has 2 aromatic heterocycles. The van der Waals surface area contributed by atoms with Gasteiger partial charge in [0.1, 0.15) is 0 Å². The first kappa shape index (κ1) is 12.9. The van der Waals surface area contributed by atoms with Gasteiger partial charge in [-0.1, -0.05) is 5.16 Å². The molecule has 0 fully saturated rings. The molecule has 0 atom stereocenters. The van der Waals surface area contributed by atoms with E-state index in [1.54, 1.807) is 6.20 Å². The number of nitrogens with two attached hydrogens (primary N) is 1. The van der Waals surface area contributed by atoms with Crippen molar-refractivity contribution in [2.75, 3.05) is 17.6 Å². The van der Waals surface area contributed by atoms with Crippen LogP contribution < -0.4 is 11.1 Å². The zero-order valence-electron chi connectivity index (χ0n) is 10.5. The fraction of sp³-hybridized carbons (Fsp3) is 0.154. The average molecular weight is 334 g/mol. The van der Waals surface area contributed by atoms with E-state index in [-0.39, 0.29) is 0 Å². The lowest BCUT2D eigenvalue weighted by Crippen LogP contribution is -2.07. The van der Waals surface area contributed by atoms with Gasteiger partial charge in [-0.3, -0.25) is 4.98 Å². The molecule has 6 nitrogen and oxygen atoms in total. The van der Waals surface area contributed by atoms with Gasteiger partial charge in [-0.2, -0.15) is 4.98 Å². The van der Waals surface area contributed by atoms with Crippen LogP contribution in [0.25, 0.3) is 10.9 Å². The second-order valence-corrected chi connectivity index (χ2v) is 5.19. The maximum Gasteiger partial charge on any atom is 0.213 e. The van der Waals surface area contributed by atoms with Crippen LogP contribution in [0.4, 0.5) is 11.4 Å². The number of aromatic nitrogens is 3. The standard InChI is InChI=1S/C13H12BrN5O/c14-8-5-9-10(15)1-2-11(13(9)17-6-8)16-4-3-12-18-7-20-19-12/h1-2,5-7,16H,3-4,15H2. The molecule has 20 heavy (non-hydrogen) atoms. The van der Waals surface area contributed by atoms with Crippen LogP contribution in [0.5, 0.6) is 0 Å². The summed E-state index contributed by atoms with van der Waals surface area (Å²) in [5.41, 5.74) is 8.47. The zero-order chi connectivity index (χ0) is 13.9. The highest BCUT2D eigenvalue weighted by molar-refractivity contribution is 9.10. The molecular formula is C13H12BrN5O. The van der Waals surface area contributed by atoms with Crippen molar-refractivity contribution < 1.29 is 4.52 Å². The summed E-state index contributed by atoms with van der Waals surface area (Å²) in [6, 6.07) is 5.75. The molecule has 3 N–H and O–H groups in total. The van der Waals surface area contributed by atoms with Crippen molar-refractivity contribution in [2.45, 2.75) is 6.42 Å². The summed E-state index contributed by atoms with van der Waals surface area (Å²) in [6.07, 6.45) is 3.76. The molecule has 0 bridgehead atoms. The molecule has 102 valence electrons. The van der Waals surface area contributed by atoms with Crippen molar-refractivity contribution in [1.82, 2.24) is 15.1 Å². The quantitative estimate of drug-likeness (QED) is 0.713. The summed E-state index contributed by atoms with van der Waals surface area (Å²) in [5, 5.41) is 8.01. The number of rotatable bonds is 4. The van der Waals surface area contributed by atoms with Crippen molar-refractivity contribution in [1.29, 1.82) is 0 Å². The highest BCUT2D eigenvalue weighted by atomic mass is 79.9. The number of nitrogens with one attached hydrogen (secondary N) is 1. The summed E-state index contributed by atoms with van der Waals surface area (Å²) < 4.78 is 5.60. The van der Waals surface area contributed by atoms with Crippen LogP contribution >= 0.6 is 15.9 Å². The Bertz CT molecular complexity index is 729. The van der Waals surface area contributed by atoms with Gasteiger partial charge in [0.2, 0.25) is 6.39 Å². The summed E-state index contributed by atoms with van der Waals surface area (Å²) in [6.45, 7) is 0.691. The normalized spacial score (nSPS) is 10.8. The zero-order valence-corrected chi connectivity index (χ0v) is 12.1. The molecule has 3 aromatic rings. The van der Waals surface area contributed by atoms with Crippen LogP contribution in [0.1, 0.15) is 5.82 Å². The van der Waals surface area contributed by atoms with Gasteiger partial charge < -0.3 is 15.6 Å². The fourth-order valence-electron chi connectivity index (χ4n) is 1.97. The van der Waals surface area contributed by atoms with Crippen molar-refractivity contribution in [3.8, 4) is 0 Å². The highest BCUT2D eigenvalue weighted by Crippen LogP contribution is 2.28. The molecule has 0 aliphatic heterocycles. The Kier molecular flexibility index (Phi) is 3.51. The molecule has 0 amide bonds. The minimum Gasteiger partial charge on any atom is -0.398 e. The average Bonchev–Trinajstić information content (AvgIpc) is 2.95. The molecule has 2 heterocycles. The van der Waals surface area contributed by atoms with Crippen LogP contribution in [-0.4, -0.2) is 21.7 Å². The van der Waals surface area contributed by atoms with Crippen LogP contribution in [0.3, 0.4) is 0 Å². The van der Waals surface area contributed by atoms with E-state index in [0.717, 1.165) is 21.1 Å². The molecular weight excluding hydrogens is 322 g/mol. The molecule has 0 radical (unpaired) electrons. The molecule has 7 heteroatoms. The third-order valence-electron chi connectivity index (χ3n) is 2.92. The molecule has 0 aliphatic rings. The van der Waals surface area contributed by atoms with E-state index in [4.69, 9.17) is 10.3 Å². The first-order valence-electron chi connectivity index (χ1n) is 6.07. The number of fused-ring (bicyclic) bond motifs is 1. The van der Waals surface area contributed by atoms with E-state index in [1.165, 1.54) is 6.39 Å². The van der Waals surface area contributed by atoms with Crippen molar-refractivity contribution in [2.24, 2.45) is 0 Å². The SMILES string of the molecule is Nc1ccc(NCCc2ncon2)c2ncc(Br)cc12. The predicted octanol–water partition coefficient (Wildman–Crippen LogP) is 2.62. The van der Waals surface area contributed by atoms with E-state index < -0.39 is 0 Å². The van der Waals surface area contributed by atoms with Crippen LogP contribution in [-0.2, 0) is 6.42 Å². The van der Waals surface area contributed by atoms with Gasteiger partial charge in [0.25, 0.3) is 0 Å². The Hall–Kier alpha value is -2.15.